The molecule has 0 bridgehead atoms. The third-order valence-electron chi connectivity index (χ3n) is 3.87. The van der Waals surface area contributed by atoms with Crippen LogP contribution in [0.2, 0.25) is 0 Å². The molecule has 1 aromatic heterocycles. The van der Waals surface area contributed by atoms with Crippen molar-refractivity contribution < 1.29 is 5.11 Å². The van der Waals surface area contributed by atoms with Crippen LogP contribution in [-0.4, -0.2) is 10.1 Å². The van der Waals surface area contributed by atoms with Crippen molar-refractivity contribution in [3.05, 3.63) is 65.5 Å². The van der Waals surface area contributed by atoms with Crippen molar-refractivity contribution in [2.45, 2.75) is 39.7 Å². The molecule has 0 saturated heterocycles. The van der Waals surface area contributed by atoms with Gasteiger partial charge in [-0.05, 0) is 29.7 Å². The molecule has 0 amide bonds. The monoisotopic (exact) mass is 269 g/mol. The van der Waals surface area contributed by atoms with Crippen LogP contribution in [0.4, 0.5) is 0 Å². The van der Waals surface area contributed by atoms with E-state index in [0.29, 0.717) is 5.69 Å². The number of benzene rings is 1. The van der Waals surface area contributed by atoms with E-state index in [4.69, 9.17) is 0 Å². The van der Waals surface area contributed by atoms with E-state index in [-0.39, 0.29) is 5.41 Å². The molecular formula is C18H23NO. The van der Waals surface area contributed by atoms with Crippen molar-refractivity contribution in [3.8, 4) is 0 Å². The van der Waals surface area contributed by atoms with Crippen molar-refractivity contribution in [1.29, 1.82) is 0 Å². The fourth-order valence-electron chi connectivity index (χ4n) is 2.56. The van der Waals surface area contributed by atoms with Crippen LogP contribution in [0.5, 0.6) is 0 Å². The highest BCUT2D eigenvalue weighted by Gasteiger charge is 2.44. The Labute approximate surface area is 121 Å². The summed E-state index contributed by atoms with van der Waals surface area (Å²) >= 11 is 0. The third-order valence-corrected chi connectivity index (χ3v) is 3.87. The van der Waals surface area contributed by atoms with Gasteiger partial charge in [-0.25, -0.2) is 0 Å². The van der Waals surface area contributed by atoms with Gasteiger partial charge in [0.05, 0.1) is 5.69 Å². The summed E-state index contributed by atoms with van der Waals surface area (Å²) in [5, 5.41) is 11.4. The fraction of sp³-hybridized carbons (Fsp3) is 0.389. The van der Waals surface area contributed by atoms with Gasteiger partial charge >= 0.3 is 0 Å². The Morgan fingerprint density at radius 2 is 1.80 bits per heavy atom. The highest BCUT2D eigenvalue weighted by atomic mass is 16.3. The first-order valence-corrected chi connectivity index (χ1v) is 7.13. The zero-order valence-electron chi connectivity index (χ0n) is 12.7. The second-order valence-corrected chi connectivity index (χ2v) is 6.23. The van der Waals surface area contributed by atoms with E-state index >= 15 is 0 Å². The third kappa shape index (κ3) is 2.48. The van der Waals surface area contributed by atoms with E-state index in [2.05, 4.69) is 24.0 Å². The summed E-state index contributed by atoms with van der Waals surface area (Å²) < 4.78 is 0. The van der Waals surface area contributed by atoms with Crippen LogP contribution in [-0.2, 0) is 12.0 Å². The fourth-order valence-corrected chi connectivity index (χ4v) is 2.56. The first-order chi connectivity index (χ1) is 9.39. The molecule has 1 N–H and O–H groups in total. The SMILES string of the molecule is CCc1cccc(C(O)(c2ccccn2)C(C)(C)C)c1. The van der Waals surface area contributed by atoms with Gasteiger partial charge in [-0.3, -0.25) is 4.98 Å². The minimum absolute atomic E-state index is 0.353. The molecule has 0 fully saturated rings. The molecule has 1 unspecified atom stereocenters. The first-order valence-electron chi connectivity index (χ1n) is 7.13. The predicted molar refractivity (Wildman–Crippen MR) is 82.5 cm³/mol. The van der Waals surface area contributed by atoms with Gasteiger partial charge in [-0.1, -0.05) is 58.0 Å². The van der Waals surface area contributed by atoms with Gasteiger partial charge in [0, 0.05) is 11.6 Å². The lowest BCUT2D eigenvalue weighted by Crippen LogP contribution is -2.41. The van der Waals surface area contributed by atoms with Crippen LogP contribution in [0.15, 0.2) is 48.7 Å². The zero-order valence-corrected chi connectivity index (χ0v) is 12.7. The predicted octanol–water partition coefficient (Wildman–Crippen LogP) is 3.93. The normalized spacial score (nSPS) is 14.8. The Morgan fingerprint density at radius 3 is 2.35 bits per heavy atom. The number of hydrogen-bond donors (Lipinski definition) is 1. The van der Waals surface area contributed by atoms with Crippen molar-refractivity contribution >= 4 is 0 Å². The molecule has 0 radical (unpaired) electrons. The zero-order chi connectivity index (χ0) is 14.8. The largest absolute Gasteiger partial charge is 0.378 e. The quantitative estimate of drug-likeness (QED) is 0.916. The average Bonchev–Trinajstić information content (AvgIpc) is 2.46. The molecule has 2 aromatic rings. The second-order valence-electron chi connectivity index (χ2n) is 6.23. The molecule has 0 saturated carbocycles. The summed E-state index contributed by atoms with van der Waals surface area (Å²) in [7, 11) is 0. The van der Waals surface area contributed by atoms with E-state index < -0.39 is 5.60 Å². The van der Waals surface area contributed by atoms with Crippen molar-refractivity contribution in [2.75, 3.05) is 0 Å². The van der Waals surface area contributed by atoms with Gasteiger partial charge < -0.3 is 5.11 Å². The van der Waals surface area contributed by atoms with Crippen molar-refractivity contribution in [3.63, 3.8) is 0 Å². The molecule has 2 rings (SSSR count). The average molecular weight is 269 g/mol. The van der Waals surface area contributed by atoms with Gasteiger partial charge in [0.2, 0.25) is 0 Å². The summed E-state index contributed by atoms with van der Waals surface area (Å²) in [6.07, 6.45) is 2.69. The van der Waals surface area contributed by atoms with Gasteiger partial charge in [0.25, 0.3) is 0 Å². The van der Waals surface area contributed by atoms with Gasteiger partial charge in [-0.15, -0.1) is 0 Å². The maximum absolute atomic E-state index is 11.4. The van der Waals surface area contributed by atoms with E-state index in [1.165, 1.54) is 5.56 Å². The van der Waals surface area contributed by atoms with E-state index in [0.717, 1.165) is 12.0 Å². The molecule has 1 aromatic carbocycles. The Balaban J connectivity index is 2.64. The van der Waals surface area contributed by atoms with Gasteiger partial charge in [0.15, 0.2) is 0 Å². The number of pyridine rings is 1. The molecule has 2 heteroatoms. The van der Waals surface area contributed by atoms with E-state index in [9.17, 15) is 5.11 Å². The maximum Gasteiger partial charge on any atom is 0.136 e. The molecular weight excluding hydrogens is 246 g/mol. The topological polar surface area (TPSA) is 33.1 Å². The van der Waals surface area contributed by atoms with E-state index in [1.54, 1.807) is 6.20 Å². The minimum atomic E-state index is -1.10. The van der Waals surface area contributed by atoms with Crippen LogP contribution >= 0.6 is 0 Å². The lowest BCUT2D eigenvalue weighted by atomic mass is 9.70. The van der Waals surface area contributed by atoms with Gasteiger partial charge in [0.1, 0.15) is 5.60 Å². The first kappa shape index (κ1) is 14.7. The molecule has 1 heterocycles. The van der Waals surface area contributed by atoms with Crippen LogP contribution < -0.4 is 0 Å². The summed E-state index contributed by atoms with van der Waals surface area (Å²) in [4.78, 5) is 4.40. The molecule has 2 nitrogen and oxygen atoms in total. The molecule has 106 valence electrons. The summed E-state index contributed by atoms with van der Waals surface area (Å²) in [6, 6.07) is 13.8. The maximum atomic E-state index is 11.4. The number of aryl methyl sites for hydroxylation is 1. The Hall–Kier alpha value is -1.67. The van der Waals surface area contributed by atoms with Crippen LogP contribution in [0, 0.1) is 5.41 Å². The van der Waals surface area contributed by atoms with Crippen molar-refractivity contribution in [2.24, 2.45) is 5.41 Å². The molecule has 1 atom stereocenters. The standard InChI is InChI=1S/C18H23NO/c1-5-14-9-8-10-15(13-14)18(20,17(2,3)4)16-11-6-7-12-19-16/h6-13,20H,5H2,1-4H3. The number of rotatable bonds is 3. The van der Waals surface area contributed by atoms with Gasteiger partial charge in [-0.2, -0.15) is 0 Å². The highest BCUT2D eigenvalue weighted by molar-refractivity contribution is 5.37. The second kappa shape index (κ2) is 5.37. The lowest BCUT2D eigenvalue weighted by Gasteiger charge is -2.40. The van der Waals surface area contributed by atoms with Crippen LogP contribution in [0.1, 0.15) is 44.5 Å². The number of aliphatic hydroxyl groups is 1. The summed E-state index contributed by atoms with van der Waals surface area (Å²) in [6.45, 7) is 8.25. The Bertz CT molecular complexity index is 571. The number of aromatic nitrogens is 1. The minimum Gasteiger partial charge on any atom is -0.378 e. The van der Waals surface area contributed by atoms with Crippen LogP contribution in [0.3, 0.4) is 0 Å². The highest BCUT2D eigenvalue weighted by Crippen LogP contribution is 2.43. The molecule has 0 aliphatic carbocycles. The lowest BCUT2D eigenvalue weighted by molar-refractivity contribution is -0.0296. The van der Waals surface area contributed by atoms with Crippen LogP contribution in [0.25, 0.3) is 0 Å². The number of hydrogen-bond acceptors (Lipinski definition) is 2. The van der Waals surface area contributed by atoms with E-state index in [1.807, 2.05) is 51.1 Å². The summed E-state index contributed by atoms with van der Waals surface area (Å²) in [5.74, 6) is 0. The molecule has 20 heavy (non-hydrogen) atoms. The molecule has 0 aliphatic heterocycles. The molecule has 0 spiro atoms. The summed E-state index contributed by atoms with van der Waals surface area (Å²) in [5.41, 5.74) is 1.37. The van der Waals surface area contributed by atoms with Crippen molar-refractivity contribution in [1.82, 2.24) is 4.98 Å². The Morgan fingerprint density at radius 1 is 1.05 bits per heavy atom. The smallest absolute Gasteiger partial charge is 0.136 e. The Kier molecular flexibility index (Phi) is 3.96. The molecule has 0 aliphatic rings. The number of nitrogens with zero attached hydrogens (tertiary/aromatic N) is 1.